The number of hydrogen-bond acceptors (Lipinski definition) is 0. The lowest BCUT2D eigenvalue weighted by Gasteiger charge is -2.18. The molecular weight excluding hydrogens is 196 g/mol. The topological polar surface area (TPSA) is 0 Å². The summed E-state index contributed by atoms with van der Waals surface area (Å²) in [5, 5.41) is 0. The third kappa shape index (κ3) is 2.47. The third-order valence-electron chi connectivity index (χ3n) is 2.08. The summed E-state index contributed by atoms with van der Waals surface area (Å²) in [6, 6.07) is 4.45. The number of alkyl halides is 3. The summed E-state index contributed by atoms with van der Waals surface area (Å²) in [5.74, 6) is -2.02. The predicted molar refractivity (Wildman–Crippen MR) is 45.5 cm³/mol. The molecule has 0 aliphatic rings. The van der Waals surface area contributed by atoms with Gasteiger partial charge in [-0.3, -0.25) is 0 Å². The Morgan fingerprint density at radius 1 is 1.14 bits per heavy atom. The standard InChI is InChI=1S/C10H10F4/c1-2-9(10(12,13)14)7-3-5-8(11)6-4-7/h3-6,9H,2H2,1H3. The second-order valence-electron chi connectivity index (χ2n) is 3.05. The second-order valence-corrected chi connectivity index (χ2v) is 3.05. The van der Waals surface area contributed by atoms with Crippen molar-refractivity contribution < 1.29 is 17.6 Å². The maximum atomic E-state index is 12.5. The van der Waals surface area contributed by atoms with E-state index in [9.17, 15) is 17.6 Å². The Bertz CT molecular complexity index is 286. The van der Waals surface area contributed by atoms with E-state index in [2.05, 4.69) is 0 Å². The van der Waals surface area contributed by atoms with E-state index in [4.69, 9.17) is 0 Å². The Labute approximate surface area is 79.6 Å². The highest BCUT2D eigenvalue weighted by Gasteiger charge is 2.39. The number of hydrogen-bond donors (Lipinski definition) is 0. The molecule has 1 unspecified atom stereocenters. The van der Waals surface area contributed by atoms with Gasteiger partial charge in [-0.1, -0.05) is 19.1 Å². The smallest absolute Gasteiger partial charge is 0.207 e. The number of halogens is 4. The van der Waals surface area contributed by atoms with Crippen molar-refractivity contribution in [3.8, 4) is 0 Å². The van der Waals surface area contributed by atoms with Gasteiger partial charge in [-0.05, 0) is 24.1 Å². The zero-order valence-corrected chi connectivity index (χ0v) is 7.61. The first-order valence-corrected chi connectivity index (χ1v) is 4.27. The van der Waals surface area contributed by atoms with Gasteiger partial charge in [-0.15, -0.1) is 0 Å². The van der Waals surface area contributed by atoms with Crippen LogP contribution in [0, 0.1) is 5.82 Å². The Kier molecular flexibility index (Phi) is 3.13. The van der Waals surface area contributed by atoms with E-state index in [0.29, 0.717) is 0 Å². The van der Waals surface area contributed by atoms with Crippen molar-refractivity contribution in [1.29, 1.82) is 0 Å². The molecule has 0 aliphatic heterocycles. The summed E-state index contributed by atoms with van der Waals surface area (Å²) < 4.78 is 49.7. The van der Waals surface area contributed by atoms with E-state index < -0.39 is 17.9 Å². The third-order valence-corrected chi connectivity index (χ3v) is 2.08. The van der Waals surface area contributed by atoms with Crippen LogP contribution < -0.4 is 0 Å². The molecule has 0 fully saturated rings. The lowest BCUT2D eigenvalue weighted by molar-refractivity contribution is -0.151. The summed E-state index contributed by atoms with van der Waals surface area (Å²) in [4.78, 5) is 0. The fourth-order valence-corrected chi connectivity index (χ4v) is 1.35. The largest absolute Gasteiger partial charge is 0.395 e. The average molecular weight is 206 g/mol. The molecule has 0 bridgehead atoms. The van der Waals surface area contributed by atoms with Crippen molar-refractivity contribution in [2.45, 2.75) is 25.4 Å². The molecule has 0 nitrogen and oxygen atoms in total. The molecule has 0 spiro atoms. The molecule has 14 heavy (non-hydrogen) atoms. The van der Waals surface area contributed by atoms with Crippen LogP contribution in [-0.4, -0.2) is 6.18 Å². The van der Waals surface area contributed by atoms with Gasteiger partial charge in [0.15, 0.2) is 0 Å². The van der Waals surface area contributed by atoms with Crippen molar-refractivity contribution in [3.05, 3.63) is 35.6 Å². The zero-order valence-electron chi connectivity index (χ0n) is 7.61. The van der Waals surface area contributed by atoms with E-state index in [1.807, 2.05) is 0 Å². The average Bonchev–Trinajstić information content (AvgIpc) is 2.07. The van der Waals surface area contributed by atoms with Crippen molar-refractivity contribution in [2.75, 3.05) is 0 Å². The molecular formula is C10H10F4. The molecule has 1 rings (SSSR count). The fraction of sp³-hybridized carbons (Fsp3) is 0.400. The van der Waals surface area contributed by atoms with Crippen molar-refractivity contribution in [2.24, 2.45) is 0 Å². The van der Waals surface area contributed by atoms with Crippen LogP contribution >= 0.6 is 0 Å². The summed E-state index contributed by atoms with van der Waals surface area (Å²) in [5.41, 5.74) is 0.112. The first-order chi connectivity index (χ1) is 6.45. The van der Waals surface area contributed by atoms with Crippen LogP contribution in [0.3, 0.4) is 0 Å². The number of benzene rings is 1. The van der Waals surface area contributed by atoms with Gasteiger partial charge >= 0.3 is 6.18 Å². The van der Waals surface area contributed by atoms with Gasteiger partial charge in [0, 0.05) is 0 Å². The van der Waals surface area contributed by atoms with E-state index in [0.717, 1.165) is 12.1 Å². The van der Waals surface area contributed by atoms with Crippen LogP contribution in [0.1, 0.15) is 24.8 Å². The van der Waals surface area contributed by atoms with Crippen LogP contribution in [-0.2, 0) is 0 Å². The fourth-order valence-electron chi connectivity index (χ4n) is 1.35. The molecule has 4 heteroatoms. The van der Waals surface area contributed by atoms with Gasteiger partial charge < -0.3 is 0 Å². The van der Waals surface area contributed by atoms with Gasteiger partial charge in [0.25, 0.3) is 0 Å². The van der Waals surface area contributed by atoms with E-state index in [-0.39, 0.29) is 12.0 Å². The number of rotatable bonds is 2. The van der Waals surface area contributed by atoms with Crippen molar-refractivity contribution in [1.82, 2.24) is 0 Å². The molecule has 0 radical (unpaired) electrons. The monoisotopic (exact) mass is 206 g/mol. The van der Waals surface area contributed by atoms with Gasteiger partial charge in [0.2, 0.25) is 0 Å². The maximum Gasteiger partial charge on any atom is 0.395 e. The minimum atomic E-state index is -4.26. The minimum Gasteiger partial charge on any atom is -0.207 e. The van der Waals surface area contributed by atoms with Crippen LogP contribution in [0.5, 0.6) is 0 Å². The second kappa shape index (κ2) is 3.98. The normalized spacial score (nSPS) is 14.1. The van der Waals surface area contributed by atoms with Crippen molar-refractivity contribution in [3.63, 3.8) is 0 Å². The highest BCUT2D eigenvalue weighted by molar-refractivity contribution is 5.21. The Morgan fingerprint density at radius 2 is 1.64 bits per heavy atom. The van der Waals surface area contributed by atoms with Gasteiger partial charge in [0.1, 0.15) is 5.82 Å². The molecule has 1 aromatic carbocycles. The van der Waals surface area contributed by atoms with Crippen LogP contribution in [0.2, 0.25) is 0 Å². The quantitative estimate of drug-likeness (QED) is 0.644. The first kappa shape index (κ1) is 11.0. The molecule has 0 aromatic heterocycles. The van der Waals surface area contributed by atoms with Gasteiger partial charge in [0.05, 0.1) is 5.92 Å². The molecule has 78 valence electrons. The highest BCUT2D eigenvalue weighted by Crippen LogP contribution is 2.36. The molecule has 0 heterocycles. The molecule has 0 saturated heterocycles. The van der Waals surface area contributed by atoms with E-state index in [1.54, 1.807) is 0 Å². The van der Waals surface area contributed by atoms with Gasteiger partial charge in [-0.2, -0.15) is 13.2 Å². The SMILES string of the molecule is CCC(c1ccc(F)cc1)C(F)(F)F. The predicted octanol–water partition coefficient (Wildman–Crippen LogP) is 3.88. The van der Waals surface area contributed by atoms with Crippen molar-refractivity contribution >= 4 is 0 Å². The Hall–Kier alpha value is -1.06. The van der Waals surface area contributed by atoms with Crippen LogP contribution in [0.25, 0.3) is 0 Å². The zero-order chi connectivity index (χ0) is 10.8. The van der Waals surface area contributed by atoms with Gasteiger partial charge in [-0.25, -0.2) is 4.39 Å². The Morgan fingerprint density at radius 3 is 2.00 bits per heavy atom. The summed E-state index contributed by atoms with van der Waals surface area (Å²) in [6.07, 6.45) is -4.29. The van der Waals surface area contributed by atoms with Crippen LogP contribution in [0.4, 0.5) is 17.6 Å². The molecule has 1 atom stereocenters. The maximum absolute atomic E-state index is 12.5. The molecule has 0 saturated carbocycles. The summed E-state index contributed by atoms with van der Waals surface area (Å²) in [7, 11) is 0. The van der Waals surface area contributed by atoms with E-state index >= 15 is 0 Å². The first-order valence-electron chi connectivity index (χ1n) is 4.27. The van der Waals surface area contributed by atoms with Crippen LogP contribution in [0.15, 0.2) is 24.3 Å². The lowest BCUT2D eigenvalue weighted by atomic mass is 9.96. The molecule has 0 amide bonds. The summed E-state index contributed by atoms with van der Waals surface area (Å²) >= 11 is 0. The Balaban J connectivity index is 2.96. The summed E-state index contributed by atoms with van der Waals surface area (Å²) in [6.45, 7) is 1.46. The molecule has 0 N–H and O–H groups in total. The van der Waals surface area contributed by atoms with E-state index in [1.165, 1.54) is 19.1 Å². The minimum absolute atomic E-state index is 0.0326. The molecule has 0 aliphatic carbocycles. The molecule has 1 aromatic rings. The highest BCUT2D eigenvalue weighted by atomic mass is 19.4. The lowest BCUT2D eigenvalue weighted by Crippen LogP contribution is -2.19.